The van der Waals surface area contributed by atoms with Crippen LogP contribution in [0.4, 0.5) is 5.69 Å². The number of amides is 1. The number of hydrogen-bond acceptors (Lipinski definition) is 4. The molecule has 120 valence electrons. The Bertz CT molecular complexity index is 680. The summed E-state index contributed by atoms with van der Waals surface area (Å²) < 4.78 is 10.0. The molecule has 5 heteroatoms. The average Bonchev–Trinajstić information content (AvgIpc) is 2.56. The smallest absolute Gasteiger partial charge is 0.340 e. The number of methoxy groups -OCH3 is 1. The summed E-state index contributed by atoms with van der Waals surface area (Å²) in [5.41, 5.74) is 2.25. The Kier molecular flexibility index (Phi) is 5.88. The quantitative estimate of drug-likeness (QED) is 0.831. The van der Waals surface area contributed by atoms with Crippen LogP contribution in [-0.4, -0.2) is 25.6 Å². The van der Waals surface area contributed by atoms with Gasteiger partial charge in [-0.25, -0.2) is 4.79 Å². The van der Waals surface area contributed by atoms with Crippen molar-refractivity contribution in [2.24, 2.45) is 0 Å². The summed E-state index contributed by atoms with van der Waals surface area (Å²) in [5, 5.41) is 2.75. The lowest BCUT2D eigenvalue weighted by Gasteiger charge is -2.10. The van der Waals surface area contributed by atoms with Crippen molar-refractivity contribution in [3.05, 3.63) is 65.2 Å². The molecule has 0 saturated heterocycles. The maximum atomic E-state index is 12.3. The number of carbonyl (C=O) groups is 2. The Balaban J connectivity index is 2.15. The van der Waals surface area contributed by atoms with Gasteiger partial charge in [0.25, 0.3) is 5.91 Å². The van der Waals surface area contributed by atoms with E-state index in [1.807, 2.05) is 12.1 Å². The molecule has 5 nitrogen and oxygen atoms in total. The molecular formula is C18H19NO4. The van der Waals surface area contributed by atoms with E-state index in [4.69, 9.17) is 9.47 Å². The van der Waals surface area contributed by atoms with Crippen molar-refractivity contribution in [3.8, 4) is 0 Å². The van der Waals surface area contributed by atoms with Crippen LogP contribution in [0.2, 0.25) is 0 Å². The molecule has 0 aliphatic carbocycles. The maximum absolute atomic E-state index is 12.3. The number of esters is 1. The topological polar surface area (TPSA) is 64.6 Å². The Labute approximate surface area is 135 Å². The van der Waals surface area contributed by atoms with Crippen LogP contribution in [0.5, 0.6) is 0 Å². The predicted molar refractivity (Wildman–Crippen MR) is 87.5 cm³/mol. The molecule has 0 fully saturated rings. The standard InChI is InChI=1S/C18H19NO4/c1-3-23-18(21)15-6-4-5-7-16(15)19-17(20)14-10-8-13(9-11-14)12-22-2/h4-11H,3,12H2,1-2H3,(H,19,20). The molecule has 0 aliphatic rings. The van der Waals surface area contributed by atoms with Crippen LogP contribution in [0.1, 0.15) is 33.2 Å². The fourth-order valence-corrected chi connectivity index (χ4v) is 2.09. The lowest BCUT2D eigenvalue weighted by atomic mass is 10.1. The third-order valence-electron chi connectivity index (χ3n) is 3.20. The molecule has 2 rings (SSSR count). The van der Waals surface area contributed by atoms with Crippen molar-refractivity contribution in [2.75, 3.05) is 19.0 Å². The van der Waals surface area contributed by atoms with E-state index in [2.05, 4.69) is 5.32 Å². The minimum atomic E-state index is -0.459. The number of nitrogens with one attached hydrogen (secondary N) is 1. The lowest BCUT2D eigenvalue weighted by molar-refractivity contribution is 0.0527. The summed E-state index contributed by atoms with van der Waals surface area (Å²) in [6, 6.07) is 13.9. The van der Waals surface area contributed by atoms with Gasteiger partial charge in [0, 0.05) is 12.7 Å². The highest BCUT2D eigenvalue weighted by Gasteiger charge is 2.14. The number of para-hydroxylation sites is 1. The van der Waals surface area contributed by atoms with Crippen molar-refractivity contribution in [2.45, 2.75) is 13.5 Å². The second kappa shape index (κ2) is 8.10. The summed E-state index contributed by atoms with van der Waals surface area (Å²) in [4.78, 5) is 24.2. The van der Waals surface area contributed by atoms with E-state index in [-0.39, 0.29) is 12.5 Å². The molecule has 0 spiro atoms. The van der Waals surface area contributed by atoms with E-state index in [9.17, 15) is 9.59 Å². The largest absolute Gasteiger partial charge is 0.462 e. The van der Waals surface area contributed by atoms with E-state index >= 15 is 0 Å². The van der Waals surface area contributed by atoms with Gasteiger partial charge in [-0.2, -0.15) is 0 Å². The zero-order chi connectivity index (χ0) is 16.7. The molecule has 0 unspecified atom stereocenters. The van der Waals surface area contributed by atoms with Crippen LogP contribution < -0.4 is 5.32 Å². The SMILES string of the molecule is CCOC(=O)c1ccccc1NC(=O)c1ccc(COC)cc1. The monoisotopic (exact) mass is 313 g/mol. The molecule has 23 heavy (non-hydrogen) atoms. The number of hydrogen-bond donors (Lipinski definition) is 1. The number of anilines is 1. The fourth-order valence-electron chi connectivity index (χ4n) is 2.09. The summed E-state index contributed by atoms with van der Waals surface area (Å²) in [5.74, 6) is -0.746. The normalized spacial score (nSPS) is 10.2. The van der Waals surface area contributed by atoms with Gasteiger partial charge in [0.05, 0.1) is 24.5 Å². The summed E-state index contributed by atoms with van der Waals surface area (Å²) in [6.45, 7) is 2.51. The van der Waals surface area contributed by atoms with Crippen LogP contribution in [-0.2, 0) is 16.1 Å². The minimum absolute atomic E-state index is 0.280. The predicted octanol–water partition coefficient (Wildman–Crippen LogP) is 3.26. The van der Waals surface area contributed by atoms with Gasteiger partial charge in [0.1, 0.15) is 0 Å². The lowest BCUT2D eigenvalue weighted by Crippen LogP contribution is -2.15. The maximum Gasteiger partial charge on any atom is 0.340 e. The van der Waals surface area contributed by atoms with Gasteiger partial charge in [-0.05, 0) is 36.8 Å². The molecule has 1 amide bonds. The van der Waals surface area contributed by atoms with Gasteiger partial charge in [-0.15, -0.1) is 0 Å². The average molecular weight is 313 g/mol. The summed E-state index contributed by atoms with van der Waals surface area (Å²) >= 11 is 0. The molecule has 0 radical (unpaired) electrons. The van der Waals surface area contributed by atoms with Gasteiger partial charge in [0.15, 0.2) is 0 Å². The first-order valence-electron chi connectivity index (χ1n) is 7.31. The zero-order valence-corrected chi connectivity index (χ0v) is 13.2. The molecule has 0 saturated carbocycles. The molecular weight excluding hydrogens is 294 g/mol. The number of ether oxygens (including phenoxy) is 2. The molecule has 2 aromatic carbocycles. The first kappa shape index (κ1) is 16.7. The van der Waals surface area contributed by atoms with Crippen LogP contribution in [0.25, 0.3) is 0 Å². The van der Waals surface area contributed by atoms with E-state index in [0.29, 0.717) is 23.4 Å². The highest BCUT2D eigenvalue weighted by Crippen LogP contribution is 2.17. The molecule has 0 aromatic heterocycles. The second-order valence-corrected chi connectivity index (χ2v) is 4.85. The number of rotatable bonds is 6. The highest BCUT2D eigenvalue weighted by molar-refractivity contribution is 6.08. The van der Waals surface area contributed by atoms with E-state index < -0.39 is 5.97 Å². The van der Waals surface area contributed by atoms with Crippen LogP contribution in [0.3, 0.4) is 0 Å². The van der Waals surface area contributed by atoms with E-state index in [0.717, 1.165) is 5.56 Å². The van der Waals surface area contributed by atoms with E-state index in [1.165, 1.54) is 0 Å². The molecule has 2 aromatic rings. The minimum Gasteiger partial charge on any atom is -0.462 e. The van der Waals surface area contributed by atoms with Crippen molar-refractivity contribution in [1.82, 2.24) is 0 Å². The third kappa shape index (κ3) is 4.40. The Morgan fingerprint density at radius 1 is 1.04 bits per heavy atom. The Morgan fingerprint density at radius 3 is 2.39 bits per heavy atom. The summed E-state index contributed by atoms with van der Waals surface area (Å²) in [6.07, 6.45) is 0. The zero-order valence-electron chi connectivity index (χ0n) is 13.2. The molecule has 0 aliphatic heterocycles. The fraction of sp³-hybridized carbons (Fsp3) is 0.222. The molecule has 0 heterocycles. The van der Waals surface area contributed by atoms with Crippen molar-refractivity contribution >= 4 is 17.6 Å². The van der Waals surface area contributed by atoms with Gasteiger partial charge >= 0.3 is 5.97 Å². The van der Waals surface area contributed by atoms with Gasteiger partial charge in [-0.3, -0.25) is 4.79 Å². The van der Waals surface area contributed by atoms with Crippen molar-refractivity contribution in [3.63, 3.8) is 0 Å². The highest BCUT2D eigenvalue weighted by atomic mass is 16.5. The Hall–Kier alpha value is -2.66. The van der Waals surface area contributed by atoms with Gasteiger partial charge < -0.3 is 14.8 Å². The van der Waals surface area contributed by atoms with Crippen LogP contribution in [0, 0.1) is 0 Å². The Morgan fingerprint density at radius 2 is 1.74 bits per heavy atom. The first-order chi connectivity index (χ1) is 11.2. The number of benzene rings is 2. The third-order valence-corrected chi connectivity index (χ3v) is 3.20. The molecule has 0 atom stereocenters. The van der Waals surface area contributed by atoms with E-state index in [1.54, 1.807) is 50.4 Å². The van der Waals surface area contributed by atoms with Crippen LogP contribution >= 0.6 is 0 Å². The number of carbonyl (C=O) groups excluding carboxylic acids is 2. The first-order valence-corrected chi connectivity index (χ1v) is 7.31. The molecule has 0 bridgehead atoms. The van der Waals surface area contributed by atoms with Gasteiger partial charge in [-0.1, -0.05) is 24.3 Å². The van der Waals surface area contributed by atoms with Crippen molar-refractivity contribution in [1.29, 1.82) is 0 Å². The van der Waals surface area contributed by atoms with Crippen LogP contribution in [0.15, 0.2) is 48.5 Å². The van der Waals surface area contributed by atoms with Gasteiger partial charge in [0.2, 0.25) is 0 Å². The van der Waals surface area contributed by atoms with Crippen molar-refractivity contribution < 1.29 is 19.1 Å². The molecule has 1 N–H and O–H groups in total. The summed E-state index contributed by atoms with van der Waals surface area (Å²) in [7, 11) is 1.62. The second-order valence-electron chi connectivity index (χ2n) is 4.85.